The van der Waals surface area contributed by atoms with E-state index in [0.29, 0.717) is 0 Å². The van der Waals surface area contributed by atoms with Crippen molar-refractivity contribution in [1.82, 2.24) is 0 Å². The molecule has 1 unspecified atom stereocenters. The summed E-state index contributed by atoms with van der Waals surface area (Å²) in [4.78, 5) is 2.43. The van der Waals surface area contributed by atoms with Crippen LogP contribution in [-0.4, -0.2) is 0 Å². The molecule has 0 amide bonds. The standard InChI is InChI=1S/C66H47N/c1-66(54-22-6-3-7-23-54)62-30-12-10-27-61(62)65-60(29-16-31-63(65)66)52-41-43-55(44-42-52)67(56-24-14-21-53(45-56)48-35-33-47(34-36-48)46-17-4-2-5-18-46)64-32-13-11-26-59(64)51-39-37-50(38-40-51)58-28-15-20-49-19-8-9-25-57(49)58/h2-45H,1H3. The molecule has 0 bridgehead atoms. The molecule has 0 saturated carbocycles. The van der Waals surface area contributed by atoms with Crippen molar-refractivity contribution in [2.75, 3.05) is 4.90 Å². The molecule has 0 spiro atoms. The van der Waals surface area contributed by atoms with Gasteiger partial charge in [-0.05, 0) is 126 Å². The maximum Gasteiger partial charge on any atom is 0.0540 e. The van der Waals surface area contributed by atoms with E-state index in [2.05, 4.69) is 279 Å². The Hall–Kier alpha value is -8.52. The fraction of sp³-hybridized carbons (Fsp3) is 0.0303. The van der Waals surface area contributed by atoms with Gasteiger partial charge in [0.1, 0.15) is 0 Å². The van der Waals surface area contributed by atoms with Crippen molar-refractivity contribution in [2.45, 2.75) is 12.3 Å². The van der Waals surface area contributed by atoms with Gasteiger partial charge in [-0.15, -0.1) is 0 Å². The lowest BCUT2D eigenvalue weighted by Crippen LogP contribution is -2.22. The van der Waals surface area contributed by atoms with Crippen LogP contribution < -0.4 is 4.90 Å². The molecule has 1 nitrogen and oxygen atoms in total. The van der Waals surface area contributed by atoms with Gasteiger partial charge in [-0.3, -0.25) is 0 Å². The zero-order valence-electron chi connectivity index (χ0n) is 37.4. The predicted molar refractivity (Wildman–Crippen MR) is 283 cm³/mol. The number of hydrogen-bond donors (Lipinski definition) is 0. The lowest BCUT2D eigenvalue weighted by atomic mass is 9.74. The van der Waals surface area contributed by atoms with Gasteiger partial charge in [0.15, 0.2) is 0 Å². The summed E-state index contributed by atoms with van der Waals surface area (Å²) in [6, 6.07) is 97.6. The van der Waals surface area contributed by atoms with E-state index in [0.717, 1.165) is 33.8 Å². The highest BCUT2D eigenvalue weighted by Crippen LogP contribution is 2.55. The number of fused-ring (bicyclic) bond motifs is 4. The van der Waals surface area contributed by atoms with Gasteiger partial charge >= 0.3 is 0 Å². The van der Waals surface area contributed by atoms with Crippen LogP contribution in [0.5, 0.6) is 0 Å². The van der Waals surface area contributed by atoms with Crippen LogP contribution in [0.15, 0.2) is 267 Å². The first-order valence-electron chi connectivity index (χ1n) is 23.2. The van der Waals surface area contributed by atoms with Crippen molar-refractivity contribution < 1.29 is 0 Å². The maximum absolute atomic E-state index is 2.43. The van der Waals surface area contributed by atoms with Crippen LogP contribution in [0.1, 0.15) is 23.6 Å². The Balaban J connectivity index is 0.969. The van der Waals surface area contributed by atoms with E-state index in [4.69, 9.17) is 0 Å². The molecule has 11 aromatic rings. The van der Waals surface area contributed by atoms with Crippen molar-refractivity contribution in [1.29, 1.82) is 0 Å². The van der Waals surface area contributed by atoms with Crippen LogP contribution in [0.3, 0.4) is 0 Å². The fourth-order valence-electron chi connectivity index (χ4n) is 10.6. The zero-order valence-corrected chi connectivity index (χ0v) is 37.4. The predicted octanol–water partition coefficient (Wildman–Crippen LogP) is 18.0. The third-order valence-electron chi connectivity index (χ3n) is 14.0. The molecule has 67 heavy (non-hydrogen) atoms. The van der Waals surface area contributed by atoms with Gasteiger partial charge in [0.05, 0.1) is 5.69 Å². The number of benzene rings is 11. The first-order chi connectivity index (χ1) is 33.1. The molecule has 0 aromatic heterocycles. The van der Waals surface area contributed by atoms with Crippen LogP contribution in [-0.2, 0) is 5.41 Å². The smallest absolute Gasteiger partial charge is 0.0540 e. The minimum Gasteiger partial charge on any atom is -0.310 e. The summed E-state index contributed by atoms with van der Waals surface area (Å²) >= 11 is 0. The van der Waals surface area contributed by atoms with Crippen LogP contribution >= 0.6 is 0 Å². The highest BCUT2D eigenvalue weighted by molar-refractivity contribution is 5.98. The highest BCUT2D eigenvalue weighted by atomic mass is 15.1. The van der Waals surface area contributed by atoms with E-state index in [9.17, 15) is 0 Å². The Morgan fingerprint density at radius 3 is 1.55 bits per heavy atom. The molecule has 1 aliphatic carbocycles. The second-order valence-corrected chi connectivity index (χ2v) is 17.8. The van der Waals surface area contributed by atoms with E-state index in [1.54, 1.807) is 0 Å². The van der Waals surface area contributed by atoms with Gasteiger partial charge in [0.2, 0.25) is 0 Å². The average molecular weight is 854 g/mol. The minimum absolute atomic E-state index is 0.260. The largest absolute Gasteiger partial charge is 0.310 e. The lowest BCUT2D eigenvalue weighted by molar-refractivity contribution is 0.714. The number of hydrogen-bond acceptors (Lipinski definition) is 1. The number of para-hydroxylation sites is 1. The van der Waals surface area contributed by atoms with E-state index < -0.39 is 0 Å². The Morgan fingerprint density at radius 2 is 0.776 bits per heavy atom. The molecule has 11 aromatic carbocycles. The van der Waals surface area contributed by atoms with Crippen molar-refractivity contribution in [3.8, 4) is 66.8 Å². The maximum atomic E-state index is 2.43. The summed E-state index contributed by atoms with van der Waals surface area (Å²) in [6.45, 7) is 2.39. The molecule has 316 valence electrons. The minimum atomic E-state index is -0.260. The normalized spacial score (nSPS) is 13.8. The van der Waals surface area contributed by atoms with Crippen molar-refractivity contribution in [3.63, 3.8) is 0 Å². The average Bonchev–Trinajstić information content (AvgIpc) is 3.68. The van der Waals surface area contributed by atoms with Gasteiger partial charge in [-0.2, -0.15) is 0 Å². The SMILES string of the molecule is CC1(c2ccccc2)c2ccccc2-c2c(-c3ccc(N(c4cccc(-c5ccc(-c6ccccc6)cc5)c4)c4ccccc4-c4ccc(-c5cccc6ccccc56)cc4)cc3)cccc21. The first-order valence-corrected chi connectivity index (χ1v) is 23.2. The van der Waals surface area contributed by atoms with Gasteiger partial charge in [0, 0.05) is 22.4 Å². The van der Waals surface area contributed by atoms with Gasteiger partial charge in [-0.1, -0.05) is 237 Å². The Labute approximate surface area is 393 Å². The molecule has 0 radical (unpaired) electrons. The Bertz CT molecular complexity index is 3550. The molecule has 0 aliphatic heterocycles. The monoisotopic (exact) mass is 853 g/mol. The molecular formula is C66H47N. The van der Waals surface area contributed by atoms with Crippen molar-refractivity contribution in [3.05, 3.63) is 284 Å². The second-order valence-electron chi connectivity index (χ2n) is 17.8. The summed E-state index contributed by atoms with van der Waals surface area (Å²) in [6.07, 6.45) is 0. The zero-order chi connectivity index (χ0) is 44.7. The lowest BCUT2D eigenvalue weighted by Gasteiger charge is -2.29. The highest BCUT2D eigenvalue weighted by Gasteiger charge is 2.41. The van der Waals surface area contributed by atoms with Crippen molar-refractivity contribution in [2.24, 2.45) is 0 Å². The van der Waals surface area contributed by atoms with E-state index in [1.807, 2.05) is 0 Å². The molecule has 1 heteroatoms. The quantitative estimate of drug-likeness (QED) is 0.140. The summed E-state index contributed by atoms with van der Waals surface area (Å²) in [5.41, 5.74) is 21.6. The van der Waals surface area contributed by atoms with Gasteiger partial charge in [0.25, 0.3) is 0 Å². The Morgan fingerprint density at radius 1 is 0.299 bits per heavy atom. The topological polar surface area (TPSA) is 3.24 Å². The Kier molecular flexibility index (Phi) is 10.0. The van der Waals surface area contributed by atoms with Gasteiger partial charge < -0.3 is 4.90 Å². The third kappa shape index (κ3) is 7.04. The molecule has 12 rings (SSSR count). The summed E-state index contributed by atoms with van der Waals surface area (Å²) in [7, 11) is 0. The second kappa shape index (κ2) is 16.8. The number of anilines is 3. The molecular weight excluding hydrogens is 807 g/mol. The van der Waals surface area contributed by atoms with Crippen LogP contribution in [0, 0.1) is 0 Å². The van der Waals surface area contributed by atoms with Gasteiger partial charge in [-0.25, -0.2) is 0 Å². The molecule has 0 heterocycles. The number of rotatable bonds is 9. The van der Waals surface area contributed by atoms with Crippen LogP contribution in [0.2, 0.25) is 0 Å². The summed E-state index contributed by atoms with van der Waals surface area (Å²) in [5.74, 6) is 0. The van der Waals surface area contributed by atoms with Crippen LogP contribution in [0.4, 0.5) is 17.1 Å². The molecule has 0 fully saturated rings. The summed E-state index contributed by atoms with van der Waals surface area (Å²) in [5, 5.41) is 2.51. The third-order valence-corrected chi connectivity index (χ3v) is 14.0. The van der Waals surface area contributed by atoms with Crippen LogP contribution in [0.25, 0.3) is 77.5 Å². The summed E-state index contributed by atoms with van der Waals surface area (Å²) < 4.78 is 0. The molecule has 0 N–H and O–H groups in total. The van der Waals surface area contributed by atoms with E-state index in [-0.39, 0.29) is 5.41 Å². The molecule has 1 aliphatic rings. The van der Waals surface area contributed by atoms with Crippen molar-refractivity contribution >= 4 is 27.8 Å². The molecule has 1 atom stereocenters. The molecule has 0 saturated heterocycles. The fourth-order valence-corrected chi connectivity index (χ4v) is 10.6. The number of nitrogens with zero attached hydrogens (tertiary/aromatic N) is 1. The van der Waals surface area contributed by atoms with E-state index >= 15 is 0 Å². The van der Waals surface area contributed by atoms with E-state index in [1.165, 1.54) is 77.5 Å². The first kappa shape index (κ1) is 40.0.